The number of carbonyl (C=O) groups is 1. The summed E-state index contributed by atoms with van der Waals surface area (Å²) in [5, 5.41) is 0.624. The number of esters is 1. The predicted octanol–water partition coefficient (Wildman–Crippen LogP) is 4.51. The molecule has 1 aliphatic heterocycles. The smallest absolute Gasteiger partial charge is 0.348 e. The lowest BCUT2D eigenvalue weighted by atomic mass is 9.93. The minimum atomic E-state index is -1.04. The fraction of sp³-hybridized carbons (Fsp3) is 0.167. The topological polar surface area (TPSA) is 78.9 Å². The molecule has 6 heteroatoms. The van der Waals surface area contributed by atoms with Crippen LogP contribution in [-0.2, 0) is 9.53 Å². The molecule has 0 fully saturated rings. The van der Waals surface area contributed by atoms with E-state index in [1.54, 1.807) is 31.2 Å². The zero-order valence-corrected chi connectivity index (χ0v) is 16.2. The van der Waals surface area contributed by atoms with Crippen molar-refractivity contribution in [1.82, 2.24) is 0 Å². The Balaban J connectivity index is 1.67. The molecule has 0 radical (unpaired) electrons. The maximum Gasteiger partial charge on any atom is 0.348 e. The molecular weight excluding hydrogens is 384 g/mol. The molecule has 4 aromatic rings. The first-order chi connectivity index (χ1) is 14.7. The van der Waals surface area contributed by atoms with Crippen LogP contribution >= 0.6 is 0 Å². The van der Waals surface area contributed by atoms with E-state index in [2.05, 4.69) is 0 Å². The average Bonchev–Trinajstić information content (AvgIpc) is 3.40. The highest BCUT2D eigenvalue weighted by Crippen LogP contribution is 2.45. The highest BCUT2D eigenvalue weighted by atomic mass is 16.6. The SMILES string of the molecule is CCOC(=O)[C@@H]1Oc2c(c(=O)oc3ccccc23)[C@H]1c1ccc(-c2ccccc2)o1. The summed E-state index contributed by atoms with van der Waals surface area (Å²) in [6.07, 6.45) is -1.04. The molecule has 2 aromatic heterocycles. The van der Waals surface area contributed by atoms with E-state index >= 15 is 0 Å². The molecule has 0 amide bonds. The Labute approximate surface area is 171 Å². The molecule has 150 valence electrons. The quantitative estimate of drug-likeness (QED) is 0.369. The van der Waals surface area contributed by atoms with Crippen molar-refractivity contribution in [2.24, 2.45) is 0 Å². The second kappa shape index (κ2) is 7.22. The first kappa shape index (κ1) is 18.2. The summed E-state index contributed by atoms with van der Waals surface area (Å²) in [7, 11) is 0. The third-order valence-corrected chi connectivity index (χ3v) is 5.17. The highest BCUT2D eigenvalue weighted by Gasteiger charge is 2.46. The van der Waals surface area contributed by atoms with Gasteiger partial charge in [0.25, 0.3) is 0 Å². The Morgan fingerprint density at radius 2 is 1.73 bits per heavy atom. The van der Waals surface area contributed by atoms with Crippen LogP contribution in [0.4, 0.5) is 0 Å². The van der Waals surface area contributed by atoms with Gasteiger partial charge in [0.05, 0.1) is 17.6 Å². The molecule has 1 aliphatic rings. The van der Waals surface area contributed by atoms with Crippen molar-refractivity contribution in [1.29, 1.82) is 0 Å². The van der Waals surface area contributed by atoms with E-state index in [1.165, 1.54) is 0 Å². The Kier molecular flexibility index (Phi) is 4.39. The van der Waals surface area contributed by atoms with Crippen molar-refractivity contribution in [2.45, 2.75) is 18.9 Å². The number of hydrogen-bond acceptors (Lipinski definition) is 6. The van der Waals surface area contributed by atoms with Gasteiger partial charge in [-0.2, -0.15) is 0 Å². The van der Waals surface area contributed by atoms with Crippen LogP contribution in [0.3, 0.4) is 0 Å². The molecule has 3 heterocycles. The molecule has 6 nitrogen and oxygen atoms in total. The summed E-state index contributed by atoms with van der Waals surface area (Å²) >= 11 is 0. The molecule has 2 aromatic carbocycles. The summed E-state index contributed by atoms with van der Waals surface area (Å²) in [6, 6.07) is 20.2. The van der Waals surface area contributed by atoms with Crippen LogP contribution in [0, 0.1) is 0 Å². The minimum absolute atomic E-state index is 0.199. The molecule has 0 bridgehead atoms. The van der Waals surface area contributed by atoms with Gasteiger partial charge in [-0.3, -0.25) is 0 Å². The zero-order valence-electron chi connectivity index (χ0n) is 16.2. The number of ether oxygens (including phenoxy) is 2. The van der Waals surface area contributed by atoms with Gasteiger partial charge in [0.2, 0.25) is 6.10 Å². The van der Waals surface area contributed by atoms with Gasteiger partial charge < -0.3 is 18.3 Å². The number of hydrogen-bond donors (Lipinski definition) is 0. The minimum Gasteiger partial charge on any atom is -0.476 e. The van der Waals surface area contributed by atoms with Gasteiger partial charge in [0.15, 0.2) is 0 Å². The van der Waals surface area contributed by atoms with E-state index < -0.39 is 23.6 Å². The van der Waals surface area contributed by atoms with Gasteiger partial charge in [-0.05, 0) is 31.2 Å². The van der Waals surface area contributed by atoms with Crippen molar-refractivity contribution in [3.8, 4) is 17.1 Å². The fourth-order valence-electron chi connectivity index (χ4n) is 3.85. The molecule has 0 spiro atoms. The van der Waals surface area contributed by atoms with E-state index in [1.807, 2.05) is 42.5 Å². The molecule has 0 aliphatic carbocycles. The highest BCUT2D eigenvalue weighted by molar-refractivity contribution is 5.88. The summed E-state index contributed by atoms with van der Waals surface area (Å²) in [5.74, 6) is 0.0832. The Bertz CT molecular complexity index is 1280. The molecule has 0 unspecified atom stereocenters. The molecule has 30 heavy (non-hydrogen) atoms. The summed E-state index contributed by atoms with van der Waals surface area (Å²) in [4.78, 5) is 25.6. The number of fused-ring (bicyclic) bond motifs is 3. The lowest BCUT2D eigenvalue weighted by Crippen LogP contribution is -2.32. The second-order valence-electron chi connectivity index (χ2n) is 6.96. The third-order valence-electron chi connectivity index (χ3n) is 5.17. The van der Waals surface area contributed by atoms with Gasteiger partial charge in [0, 0.05) is 5.56 Å². The van der Waals surface area contributed by atoms with Crippen LogP contribution < -0.4 is 10.4 Å². The van der Waals surface area contributed by atoms with E-state index in [-0.39, 0.29) is 12.2 Å². The van der Waals surface area contributed by atoms with Crippen molar-refractivity contribution >= 4 is 16.9 Å². The van der Waals surface area contributed by atoms with Crippen molar-refractivity contribution < 1.29 is 23.1 Å². The van der Waals surface area contributed by atoms with E-state index in [0.29, 0.717) is 28.2 Å². The van der Waals surface area contributed by atoms with Gasteiger partial charge in [-0.25, -0.2) is 9.59 Å². The zero-order chi connectivity index (χ0) is 20.7. The Morgan fingerprint density at radius 3 is 2.53 bits per heavy atom. The van der Waals surface area contributed by atoms with Crippen molar-refractivity contribution in [3.05, 3.63) is 88.5 Å². The van der Waals surface area contributed by atoms with Gasteiger partial charge in [-0.1, -0.05) is 42.5 Å². The Morgan fingerprint density at radius 1 is 0.967 bits per heavy atom. The predicted molar refractivity (Wildman–Crippen MR) is 110 cm³/mol. The number of furan rings is 1. The van der Waals surface area contributed by atoms with Crippen LogP contribution in [-0.4, -0.2) is 18.7 Å². The van der Waals surface area contributed by atoms with Crippen molar-refractivity contribution in [3.63, 3.8) is 0 Å². The average molecular weight is 402 g/mol. The molecule has 0 saturated carbocycles. The van der Waals surface area contributed by atoms with Crippen molar-refractivity contribution in [2.75, 3.05) is 6.61 Å². The maximum atomic E-state index is 12.9. The van der Waals surface area contributed by atoms with Crippen LogP contribution in [0.5, 0.6) is 5.75 Å². The van der Waals surface area contributed by atoms with Crippen LogP contribution in [0.1, 0.15) is 24.2 Å². The normalized spacial score (nSPS) is 17.5. The lowest BCUT2D eigenvalue weighted by molar-refractivity contribution is -0.151. The largest absolute Gasteiger partial charge is 0.476 e. The van der Waals surface area contributed by atoms with Gasteiger partial charge in [0.1, 0.15) is 28.8 Å². The monoisotopic (exact) mass is 402 g/mol. The van der Waals surface area contributed by atoms with Gasteiger partial charge in [-0.15, -0.1) is 0 Å². The number of rotatable bonds is 4. The van der Waals surface area contributed by atoms with Crippen LogP contribution in [0.25, 0.3) is 22.3 Å². The van der Waals surface area contributed by atoms with E-state index in [0.717, 1.165) is 5.56 Å². The molecular formula is C24H18O6. The maximum absolute atomic E-state index is 12.9. The first-order valence-corrected chi connectivity index (χ1v) is 9.71. The van der Waals surface area contributed by atoms with Crippen LogP contribution in [0.2, 0.25) is 0 Å². The third kappa shape index (κ3) is 2.88. The Hall–Kier alpha value is -3.80. The fourth-order valence-corrected chi connectivity index (χ4v) is 3.85. The van der Waals surface area contributed by atoms with Gasteiger partial charge >= 0.3 is 11.6 Å². The number of benzene rings is 2. The summed E-state index contributed by atoms with van der Waals surface area (Å²) < 4.78 is 22.8. The number of para-hydroxylation sites is 1. The molecule has 2 atom stereocenters. The first-order valence-electron chi connectivity index (χ1n) is 9.71. The van der Waals surface area contributed by atoms with E-state index in [9.17, 15) is 9.59 Å². The number of carbonyl (C=O) groups excluding carboxylic acids is 1. The second-order valence-corrected chi connectivity index (χ2v) is 6.96. The molecule has 5 rings (SSSR count). The summed E-state index contributed by atoms with van der Waals surface area (Å²) in [6.45, 7) is 1.92. The van der Waals surface area contributed by atoms with Crippen LogP contribution in [0.15, 0.2) is 80.4 Å². The molecule has 0 saturated heterocycles. The lowest BCUT2D eigenvalue weighted by Gasteiger charge is -2.15. The van der Waals surface area contributed by atoms with E-state index in [4.69, 9.17) is 18.3 Å². The molecule has 0 N–H and O–H groups in total. The summed E-state index contributed by atoms with van der Waals surface area (Å²) in [5.41, 5.74) is 0.994. The standard InChI is InChI=1S/C24H18O6/c1-2-27-24(26)22-19(18-13-12-16(28-18)14-8-4-3-5-9-14)20-21(30-22)15-10-6-7-11-17(15)29-23(20)25/h3-13,19,22H,2H2,1H3/t19-,22-/m1/s1.